The van der Waals surface area contributed by atoms with Crippen molar-refractivity contribution in [3.8, 4) is 11.8 Å². The molecule has 1 aliphatic rings. The van der Waals surface area contributed by atoms with E-state index in [9.17, 15) is 9.59 Å². The van der Waals surface area contributed by atoms with Crippen LogP contribution in [0, 0.1) is 16.7 Å². The molecular weight excluding hydrogens is 404 g/mol. The molecule has 32 heavy (non-hydrogen) atoms. The van der Waals surface area contributed by atoms with Crippen molar-refractivity contribution < 1.29 is 14.3 Å². The largest absolute Gasteiger partial charge is 0.490 e. The number of hydrogen-bond acceptors (Lipinski definition) is 4. The van der Waals surface area contributed by atoms with Crippen LogP contribution >= 0.6 is 0 Å². The van der Waals surface area contributed by atoms with E-state index >= 15 is 0 Å². The summed E-state index contributed by atoms with van der Waals surface area (Å²) < 4.78 is 5.72. The zero-order valence-electron chi connectivity index (χ0n) is 19.3. The molecule has 7 heteroatoms. The number of ether oxygens (including phenoxy) is 1. The van der Waals surface area contributed by atoms with Gasteiger partial charge in [-0.2, -0.15) is 5.26 Å². The average molecular weight is 435 g/mol. The smallest absolute Gasteiger partial charge is 0.322 e. The van der Waals surface area contributed by atoms with Crippen LogP contribution in [-0.2, 0) is 11.3 Å². The maximum Gasteiger partial charge on any atom is 0.322 e. The minimum atomic E-state index is -0.524. The Kier molecular flexibility index (Phi) is 6.73. The molecule has 0 atom stereocenters. The van der Waals surface area contributed by atoms with E-state index in [1.54, 1.807) is 40.1 Å². The van der Waals surface area contributed by atoms with Gasteiger partial charge in [0.15, 0.2) is 0 Å². The fourth-order valence-corrected chi connectivity index (χ4v) is 3.48. The molecule has 1 heterocycles. The van der Waals surface area contributed by atoms with Gasteiger partial charge in [0, 0.05) is 23.7 Å². The predicted molar refractivity (Wildman–Crippen MR) is 125 cm³/mol. The summed E-state index contributed by atoms with van der Waals surface area (Å²) in [5.74, 6) is 0.639. The maximum absolute atomic E-state index is 13.1. The monoisotopic (exact) mass is 434 g/mol. The fourth-order valence-electron chi connectivity index (χ4n) is 3.48. The lowest BCUT2D eigenvalue weighted by atomic mass is 9.94. The maximum atomic E-state index is 13.1. The van der Waals surface area contributed by atoms with E-state index in [1.807, 2.05) is 46.8 Å². The highest BCUT2D eigenvalue weighted by molar-refractivity contribution is 6.00. The zero-order valence-corrected chi connectivity index (χ0v) is 19.3. The minimum absolute atomic E-state index is 0.00940. The Morgan fingerprint density at radius 1 is 1.19 bits per heavy atom. The van der Waals surface area contributed by atoms with E-state index in [0.29, 0.717) is 42.4 Å². The van der Waals surface area contributed by atoms with E-state index < -0.39 is 5.41 Å². The molecule has 0 spiro atoms. The second-order valence-corrected chi connectivity index (χ2v) is 9.20. The van der Waals surface area contributed by atoms with Gasteiger partial charge in [0.05, 0.1) is 23.9 Å². The topological polar surface area (TPSA) is 85.7 Å². The van der Waals surface area contributed by atoms with Gasteiger partial charge in [-0.05, 0) is 49.7 Å². The Morgan fingerprint density at radius 3 is 2.47 bits per heavy atom. The van der Waals surface area contributed by atoms with E-state index in [1.165, 1.54) is 0 Å². The summed E-state index contributed by atoms with van der Waals surface area (Å²) in [6, 6.07) is 14.4. The fraction of sp³-hybridized carbons (Fsp3) is 0.400. The number of hydrogen-bond donors (Lipinski definition) is 1. The zero-order chi connectivity index (χ0) is 23.5. The quantitative estimate of drug-likeness (QED) is 0.751. The van der Waals surface area contributed by atoms with Gasteiger partial charge in [0.25, 0.3) is 0 Å². The number of anilines is 2. The van der Waals surface area contributed by atoms with Crippen molar-refractivity contribution in [2.75, 3.05) is 23.4 Å². The molecular formula is C25H30N4O3. The lowest BCUT2D eigenvalue weighted by Crippen LogP contribution is -2.44. The molecule has 1 N–H and O–H groups in total. The van der Waals surface area contributed by atoms with Crippen molar-refractivity contribution >= 4 is 23.3 Å². The van der Waals surface area contributed by atoms with Gasteiger partial charge in [-0.3, -0.25) is 4.79 Å². The third-order valence-corrected chi connectivity index (χ3v) is 5.28. The molecule has 0 unspecified atom stereocenters. The lowest BCUT2D eigenvalue weighted by Gasteiger charge is -2.34. The van der Waals surface area contributed by atoms with Crippen LogP contribution in [0.3, 0.4) is 0 Å². The average Bonchev–Trinajstić information content (AvgIpc) is 2.76. The van der Waals surface area contributed by atoms with Crippen molar-refractivity contribution in [2.45, 2.75) is 47.2 Å². The van der Waals surface area contributed by atoms with E-state index in [-0.39, 0.29) is 18.0 Å². The van der Waals surface area contributed by atoms with Gasteiger partial charge in [0.2, 0.25) is 5.91 Å². The van der Waals surface area contributed by atoms with Gasteiger partial charge in [-0.25, -0.2) is 4.79 Å². The van der Waals surface area contributed by atoms with Crippen LogP contribution in [0.5, 0.6) is 5.75 Å². The molecule has 0 saturated heterocycles. The summed E-state index contributed by atoms with van der Waals surface area (Å²) in [7, 11) is 0. The second kappa shape index (κ2) is 9.31. The number of benzene rings is 2. The third-order valence-electron chi connectivity index (χ3n) is 5.28. The SMILES string of the molecule is CC(C)N(Cc1ccc(C#N)cc1)C(=O)Nc1ccc2c(c1)N(C(=O)C(C)(C)C)CCO2. The molecule has 0 aromatic heterocycles. The molecule has 1 aliphatic heterocycles. The summed E-state index contributed by atoms with van der Waals surface area (Å²) in [5, 5.41) is 11.9. The van der Waals surface area contributed by atoms with Crippen LogP contribution in [-0.4, -0.2) is 36.0 Å². The van der Waals surface area contributed by atoms with Gasteiger partial charge < -0.3 is 19.9 Å². The highest BCUT2D eigenvalue weighted by Gasteiger charge is 2.32. The molecule has 0 radical (unpaired) electrons. The number of amides is 3. The van der Waals surface area contributed by atoms with Gasteiger partial charge >= 0.3 is 6.03 Å². The lowest BCUT2D eigenvalue weighted by molar-refractivity contribution is -0.126. The van der Waals surface area contributed by atoms with Crippen LogP contribution in [0.2, 0.25) is 0 Å². The molecule has 0 bridgehead atoms. The first-order valence-corrected chi connectivity index (χ1v) is 10.8. The van der Waals surface area contributed by atoms with Crippen molar-refractivity contribution in [2.24, 2.45) is 5.41 Å². The Morgan fingerprint density at radius 2 is 1.88 bits per heavy atom. The Labute approximate surface area is 189 Å². The van der Waals surface area contributed by atoms with E-state index in [0.717, 1.165) is 5.56 Å². The molecule has 2 aromatic rings. The number of fused-ring (bicyclic) bond motifs is 1. The van der Waals surface area contributed by atoms with Gasteiger partial charge in [0.1, 0.15) is 12.4 Å². The molecule has 2 aromatic carbocycles. The van der Waals surface area contributed by atoms with Gasteiger partial charge in [-0.15, -0.1) is 0 Å². The summed E-state index contributed by atoms with van der Waals surface area (Å²) in [5.41, 5.74) is 2.26. The molecule has 168 valence electrons. The normalized spacial score (nSPS) is 13.1. The van der Waals surface area contributed by atoms with Crippen molar-refractivity contribution in [1.82, 2.24) is 4.90 Å². The predicted octanol–water partition coefficient (Wildman–Crippen LogP) is 4.77. The number of nitriles is 1. The van der Waals surface area contributed by atoms with E-state index in [2.05, 4.69) is 11.4 Å². The number of urea groups is 1. The summed E-state index contributed by atoms with van der Waals surface area (Å²) in [6.45, 7) is 10.9. The summed E-state index contributed by atoms with van der Waals surface area (Å²) in [4.78, 5) is 29.4. The number of carbonyl (C=O) groups excluding carboxylic acids is 2. The van der Waals surface area contributed by atoms with Crippen LogP contribution in [0.1, 0.15) is 45.7 Å². The molecule has 0 saturated carbocycles. The molecule has 7 nitrogen and oxygen atoms in total. The summed E-state index contributed by atoms with van der Waals surface area (Å²) >= 11 is 0. The summed E-state index contributed by atoms with van der Waals surface area (Å²) in [6.07, 6.45) is 0. The Hall–Kier alpha value is -3.53. The van der Waals surface area contributed by atoms with Crippen molar-refractivity contribution in [3.05, 3.63) is 53.6 Å². The van der Waals surface area contributed by atoms with Crippen molar-refractivity contribution in [1.29, 1.82) is 5.26 Å². The Bertz CT molecular complexity index is 1030. The minimum Gasteiger partial charge on any atom is -0.490 e. The molecule has 3 amide bonds. The van der Waals surface area contributed by atoms with Crippen molar-refractivity contribution in [3.63, 3.8) is 0 Å². The van der Waals surface area contributed by atoms with Crippen LogP contribution in [0.15, 0.2) is 42.5 Å². The van der Waals surface area contributed by atoms with Crippen LogP contribution in [0.25, 0.3) is 0 Å². The number of carbonyl (C=O) groups is 2. The first-order chi connectivity index (χ1) is 15.1. The number of nitrogens with one attached hydrogen (secondary N) is 1. The molecule has 0 aliphatic carbocycles. The highest BCUT2D eigenvalue weighted by atomic mass is 16.5. The first kappa shape index (κ1) is 23.1. The highest BCUT2D eigenvalue weighted by Crippen LogP contribution is 2.36. The van der Waals surface area contributed by atoms with Crippen LogP contribution < -0.4 is 15.0 Å². The van der Waals surface area contributed by atoms with Crippen LogP contribution in [0.4, 0.5) is 16.2 Å². The number of nitrogens with zero attached hydrogens (tertiary/aromatic N) is 3. The Balaban J connectivity index is 1.80. The first-order valence-electron chi connectivity index (χ1n) is 10.8. The molecule has 3 rings (SSSR count). The van der Waals surface area contributed by atoms with E-state index in [4.69, 9.17) is 10.00 Å². The molecule has 0 fully saturated rings. The van der Waals surface area contributed by atoms with Gasteiger partial charge in [-0.1, -0.05) is 32.9 Å². The standard InChI is InChI=1S/C25H30N4O3/c1-17(2)29(16-19-8-6-18(15-26)7-9-19)24(31)27-20-10-11-22-21(14-20)28(12-13-32-22)23(30)25(3,4)5/h6-11,14,17H,12-13,16H2,1-5H3,(H,27,31). The number of rotatable bonds is 4. The third kappa shape index (κ3) is 5.20. The second-order valence-electron chi connectivity index (χ2n) is 9.20.